The lowest BCUT2D eigenvalue weighted by atomic mass is 9.45. The number of ether oxygens (including phenoxy) is 6. The van der Waals surface area contributed by atoms with Crippen molar-refractivity contribution in [3.05, 3.63) is 82.9 Å². The number of aliphatic hydroxyl groups excluding tert-OH is 1. The van der Waals surface area contributed by atoms with Crippen LogP contribution in [0.2, 0.25) is 0 Å². The second-order valence-electron chi connectivity index (χ2n) is 19.4. The third-order valence-corrected chi connectivity index (χ3v) is 15.5. The highest BCUT2D eigenvalue weighted by atomic mass is 16.7. The number of likely N-dealkylation sites (tertiary alicyclic amines) is 1. The number of fused-ring (bicyclic) bond motifs is 8. The number of benzene rings is 2. The Hall–Kier alpha value is -4.22. The van der Waals surface area contributed by atoms with E-state index >= 15 is 0 Å². The van der Waals surface area contributed by atoms with E-state index in [1.165, 1.54) is 13.8 Å². The van der Waals surface area contributed by atoms with E-state index in [-0.39, 0.29) is 37.7 Å². The van der Waals surface area contributed by atoms with E-state index in [1.807, 2.05) is 27.7 Å². The average molecular weight is 875 g/mol. The van der Waals surface area contributed by atoms with Gasteiger partial charge in [0.05, 0.1) is 36.8 Å². The topological polar surface area (TPSA) is 200 Å². The van der Waals surface area contributed by atoms with Crippen molar-refractivity contribution in [1.29, 1.82) is 0 Å². The normalized spacial score (nSPS) is 36.9. The van der Waals surface area contributed by atoms with Crippen molar-refractivity contribution in [2.45, 2.75) is 146 Å². The molecular formula is C48H62N2O13. The van der Waals surface area contributed by atoms with Crippen molar-refractivity contribution in [1.82, 2.24) is 10.2 Å². The molecule has 342 valence electrons. The minimum atomic E-state index is -2.24. The average Bonchev–Trinajstić information content (AvgIpc) is 3.65. The van der Waals surface area contributed by atoms with E-state index in [2.05, 4.69) is 10.2 Å². The van der Waals surface area contributed by atoms with Gasteiger partial charge in [-0.05, 0) is 74.9 Å². The predicted molar refractivity (Wildman–Crippen MR) is 226 cm³/mol. The van der Waals surface area contributed by atoms with Gasteiger partial charge in [-0.1, -0.05) is 64.1 Å². The Bertz CT molecular complexity index is 2110. The molecule has 3 saturated heterocycles. The van der Waals surface area contributed by atoms with Gasteiger partial charge in [0.25, 0.3) is 5.91 Å². The molecule has 15 nitrogen and oxygen atoms in total. The number of carbonyl (C=O) groups is 4. The Kier molecular flexibility index (Phi) is 12.0. The van der Waals surface area contributed by atoms with Gasteiger partial charge in [0.1, 0.15) is 30.0 Å². The molecule has 63 heavy (non-hydrogen) atoms. The first-order valence-electron chi connectivity index (χ1n) is 22.3. The zero-order chi connectivity index (χ0) is 45.3. The molecule has 3 aliphatic heterocycles. The number of hydrogen-bond acceptors (Lipinski definition) is 14. The number of nitrogens with one attached hydrogen (secondary N) is 1. The fourth-order valence-corrected chi connectivity index (χ4v) is 11.8. The van der Waals surface area contributed by atoms with Gasteiger partial charge >= 0.3 is 17.9 Å². The molecule has 2 bridgehead atoms. The van der Waals surface area contributed by atoms with Crippen LogP contribution in [0, 0.1) is 16.7 Å². The maximum absolute atomic E-state index is 14.5. The zero-order valence-corrected chi connectivity index (χ0v) is 37.2. The van der Waals surface area contributed by atoms with Gasteiger partial charge in [0.15, 0.2) is 17.5 Å². The second-order valence-corrected chi connectivity index (χ2v) is 19.4. The molecular weight excluding hydrogens is 813 g/mol. The van der Waals surface area contributed by atoms with Gasteiger partial charge in [-0.3, -0.25) is 14.5 Å². The summed E-state index contributed by atoms with van der Waals surface area (Å²) in [6.45, 7) is 12.9. The lowest BCUT2D eigenvalue weighted by Crippen LogP contribution is -2.79. The summed E-state index contributed by atoms with van der Waals surface area (Å²) in [7, 11) is 0. The molecule has 8 rings (SSSR count). The molecule has 0 radical (unpaired) electrons. The second kappa shape index (κ2) is 16.6. The molecule has 3 aliphatic carbocycles. The largest absolute Gasteiger partial charge is 0.456 e. The van der Waals surface area contributed by atoms with Gasteiger partial charge in [0, 0.05) is 48.9 Å². The summed E-state index contributed by atoms with van der Waals surface area (Å²) >= 11 is 0. The lowest BCUT2D eigenvalue weighted by Gasteiger charge is -2.68. The van der Waals surface area contributed by atoms with Crippen LogP contribution in [0.4, 0.5) is 0 Å². The standard InChI is InChI=1S/C48H62N2O13/c1-8-33(49-41(53)29-15-11-9-12-16-29)46(7,56)43(55)59-32-23-48(57)40(62-42(54)30-17-13-10-14-18-30)38-45(6,21-19-34-47(38,26-58-34)63-28(3)52)39-37(36(27(32)2)44(48,4)5)60-35(61-39)24-50-22-20-31(50)25-51/h9-18,31-35,37-40,51,56-57H,8,19-26H2,1-7H3,(H,49,53)/t31-,32-,33-,34+,35+,37+,38-,39+,40-,45+,46+,47-,48+/m0/s1. The van der Waals surface area contributed by atoms with Crippen molar-refractivity contribution in [3.63, 3.8) is 0 Å². The fraction of sp³-hybridized carbons (Fsp3) is 0.625. The maximum atomic E-state index is 14.5. The number of hydrogen-bond donors (Lipinski definition) is 4. The number of nitrogens with zero attached hydrogens (tertiary/aromatic N) is 1. The van der Waals surface area contributed by atoms with Crippen LogP contribution in [0.1, 0.15) is 101 Å². The Balaban J connectivity index is 1.26. The van der Waals surface area contributed by atoms with Gasteiger partial charge in [-0.2, -0.15) is 0 Å². The highest BCUT2D eigenvalue weighted by molar-refractivity contribution is 5.95. The van der Waals surface area contributed by atoms with Gasteiger partial charge in [-0.25, -0.2) is 9.59 Å². The monoisotopic (exact) mass is 874 g/mol. The smallest absolute Gasteiger partial charge is 0.340 e. The Morgan fingerprint density at radius 2 is 1.65 bits per heavy atom. The summed E-state index contributed by atoms with van der Waals surface area (Å²) in [4.78, 5) is 57.5. The molecule has 0 unspecified atom stereocenters. The van der Waals surface area contributed by atoms with Crippen LogP contribution in [0.5, 0.6) is 0 Å². The summed E-state index contributed by atoms with van der Waals surface area (Å²) in [5.74, 6) is -3.76. The maximum Gasteiger partial charge on any atom is 0.340 e. The van der Waals surface area contributed by atoms with Crippen LogP contribution >= 0.6 is 0 Å². The van der Waals surface area contributed by atoms with Crippen LogP contribution in [0.25, 0.3) is 0 Å². The SMILES string of the molecule is CC[C@H](NC(=O)c1ccccc1)[C@@](C)(O)C(=O)O[C@H]1C[C@@]2(O)[C@@H](OC(=O)c3ccccc3)[C@H]3[C@@](C)(CC[C@H]4OC[C@]43OC(C)=O)[C@@H]3O[C@H](CN4CC[C@H]4CO)O[C@@H]3C(=C1C)C2(C)C. The van der Waals surface area contributed by atoms with Gasteiger partial charge in [0.2, 0.25) is 0 Å². The Morgan fingerprint density at radius 3 is 2.22 bits per heavy atom. The molecule has 1 amide bonds. The molecule has 13 atom stereocenters. The van der Waals surface area contributed by atoms with Crippen molar-refractivity contribution >= 4 is 23.8 Å². The summed E-state index contributed by atoms with van der Waals surface area (Å²) in [5.41, 5.74) is -6.21. The van der Waals surface area contributed by atoms with Crippen molar-refractivity contribution in [2.24, 2.45) is 16.7 Å². The number of aliphatic hydroxyl groups is 3. The Morgan fingerprint density at radius 1 is 0.984 bits per heavy atom. The molecule has 2 saturated carbocycles. The highest BCUT2D eigenvalue weighted by Crippen LogP contribution is 2.66. The molecule has 6 aliphatic rings. The summed E-state index contributed by atoms with van der Waals surface area (Å²) in [5, 5.41) is 38.8. The first-order chi connectivity index (χ1) is 29.8. The molecule has 4 N–H and O–H groups in total. The van der Waals surface area contributed by atoms with Crippen molar-refractivity contribution in [3.8, 4) is 0 Å². The first kappa shape index (κ1) is 45.4. The number of amides is 1. The third kappa shape index (κ3) is 7.41. The number of carbonyl (C=O) groups excluding carboxylic acids is 4. The first-order valence-corrected chi connectivity index (χ1v) is 22.3. The van der Waals surface area contributed by atoms with E-state index < -0.39 is 100 Å². The Labute approximate surface area is 368 Å². The van der Waals surface area contributed by atoms with Crippen molar-refractivity contribution < 1.29 is 62.9 Å². The molecule has 2 aromatic carbocycles. The summed E-state index contributed by atoms with van der Waals surface area (Å²) in [6, 6.07) is 15.8. The molecule has 3 heterocycles. The van der Waals surface area contributed by atoms with E-state index in [4.69, 9.17) is 28.4 Å². The number of rotatable bonds is 12. The number of esters is 3. The molecule has 0 spiro atoms. The molecule has 5 fully saturated rings. The lowest BCUT2D eigenvalue weighted by molar-refractivity contribution is -0.345. The quantitative estimate of drug-likeness (QED) is 0.136. The fourth-order valence-electron chi connectivity index (χ4n) is 11.8. The van der Waals surface area contributed by atoms with E-state index in [0.29, 0.717) is 36.1 Å². The van der Waals surface area contributed by atoms with Crippen molar-refractivity contribution in [2.75, 3.05) is 26.3 Å². The van der Waals surface area contributed by atoms with E-state index in [0.717, 1.165) is 13.0 Å². The van der Waals surface area contributed by atoms with Crippen LogP contribution in [0.15, 0.2) is 71.8 Å². The summed E-state index contributed by atoms with van der Waals surface area (Å²) in [6.07, 6.45) is -3.98. The predicted octanol–water partition coefficient (Wildman–Crippen LogP) is 3.87. The van der Waals surface area contributed by atoms with Gasteiger partial charge < -0.3 is 49.1 Å². The third-order valence-electron chi connectivity index (χ3n) is 15.5. The van der Waals surface area contributed by atoms with Gasteiger partial charge in [-0.15, -0.1) is 0 Å². The molecule has 15 heteroatoms. The summed E-state index contributed by atoms with van der Waals surface area (Å²) < 4.78 is 39.6. The van der Waals surface area contributed by atoms with Crippen LogP contribution in [-0.4, -0.2) is 136 Å². The molecule has 0 aromatic heterocycles. The zero-order valence-electron chi connectivity index (χ0n) is 37.2. The highest BCUT2D eigenvalue weighted by Gasteiger charge is 2.77. The van der Waals surface area contributed by atoms with Crippen LogP contribution in [0.3, 0.4) is 0 Å². The molecule has 2 aromatic rings. The van der Waals surface area contributed by atoms with Crippen LogP contribution in [-0.2, 0) is 38.0 Å². The van der Waals surface area contributed by atoms with E-state index in [9.17, 15) is 34.5 Å². The van der Waals surface area contributed by atoms with Crippen LogP contribution < -0.4 is 5.32 Å². The minimum absolute atomic E-state index is 0.0178. The minimum Gasteiger partial charge on any atom is -0.456 e. The van der Waals surface area contributed by atoms with E-state index in [1.54, 1.807) is 67.6 Å².